The van der Waals surface area contributed by atoms with Crippen LogP contribution in [0.15, 0.2) is 85.2 Å². The molecule has 0 spiro atoms. The summed E-state index contributed by atoms with van der Waals surface area (Å²) >= 11 is 0. The summed E-state index contributed by atoms with van der Waals surface area (Å²) < 4.78 is 6.34. The van der Waals surface area contributed by atoms with Gasteiger partial charge in [0.05, 0.1) is 0 Å². The van der Waals surface area contributed by atoms with Gasteiger partial charge in [0.25, 0.3) is 0 Å². The monoisotopic (exact) mass is 679 g/mol. The van der Waals surface area contributed by atoms with Crippen LogP contribution in [0.25, 0.3) is 33.3 Å². The summed E-state index contributed by atoms with van der Waals surface area (Å²) in [5.74, 6) is 1.25. The molecule has 0 fully saturated rings. The van der Waals surface area contributed by atoms with Crippen molar-refractivity contribution in [1.29, 1.82) is 0 Å². The van der Waals surface area contributed by atoms with Gasteiger partial charge in [-0.3, -0.25) is 0 Å². The molecule has 0 bridgehead atoms. The molecule has 4 heteroatoms. The van der Waals surface area contributed by atoms with Crippen molar-refractivity contribution < 1.29 is 25.8 Å². The number of rotatable bonds is 4. The van der Waals surface area contributed by atoms with E-state index in [1.165, 1.54) is 11.1 Å². The number of aromatic nitrogens is 2. The van der Waals surface area contributed by atoms with E-state index in [2.05, 4.69) is 95.1 Å². The van der Waals surface area contributed by atoms with Gasteiger partial charge in [-0.1, -0.05) is 107 Å². The molecule has 0 atom stereocenters. The van der Waals surface area contributed by atoms with Gasteiger partial charge in [-0.2, -0.15) is 0 Å². The number of pyridine rings is 2. The topological polar surface area (TPSA) is 35.0 Å². The standard InChI is InChI=1S/C34H32N2O.Pt/c1-33(2,3)25-14-16-35-31(20-25)24-11-9-12-27(19-24)37-28-18-23-10-7-8-13-29(23)30(22-28)32-21-26(15-17-36-32)34(4,5)6;/h7-18,20-21H,1-6H3;/q-2;+2. The summed E-state index contributed by atoms with van der Waals surface area (Å²) in [6.45, 7) is 13.2. The number of hydrogen-bond donors (Lipinski definition) is 0. The molecule has 38 heavy (non-hydrogen) atoms. The Hall–Kier alpha value is -3.29. The molecule has 3 nitrogen and oxygen atoms in total. The molecule has 0 aliphatic rings. The van der Waals surface area contributed by atoms with Gasteiger partial charge in [0.15, 0.2) is 0 Å². The van der Waals surface area contributed by atoms with Crippen LogP contribution in [-0.2, 0) is 31.9 Å². The van der Waals surface area contributed by atoms with E-state index in [1.54, 1.807) is 0 Å². The zero-order valence-electron chi connectivity index (χ0n) is 22.7. The molecular weight excluding hydrogens is 647 g/mol. The van der Waals surface area contributed by atoms with E-state index in [-0.39, 0.29) is 31.9 Å². The molecule has 0 saturated heterocycles. The van der Waals surface area contributed by atoms with Crippen LogP contribution in [0.4, 0.5) is 0 Å². The van der Waals surface area contributed by atoms with Crippen LogP contribution in [0.3, 0.4) is 0 Å². The van der Waals surface area contributed by atoms with Crippen molar-refractivity contribution in [3.8, 4) is 34.0 Å². The van der Waals surface area contributed by atoms with Crippen molar-refractivity contribution in [3.05, 3.63) is 108 Å². The van der Waals surface area contributed by atoms with Crippen LogP contribution in [0.5, 0.6) is 11.5 Å². The molecule has 0 amide bonds. The van der Waals surface area contributed by atoms with E-state index in [4.69, 9.17) is 9.72 Å². The molecule has 2 aromatic heterocycles. The van der Waals surface area contributed by atoms with Crippen molar-refractivity contribution in [2.45, 2.75) is 52.4 Å². The van der Waals surface area contributed by atoms with E-state index < -0.39 is 0 Å². The van der Waals surface area contributed by atoms with Crippen LogP contribution < -0.4 is 4.74 Å². The number of nitrogens with zero attached hydrogens (tertiary/aromatic N) is 2. The number of ether oxygens (including phenoxy) is 1. The number of hydrogen-bond acceptors (Lipinski definition) is 3. The first kappa shape index (κ1) is 27.7. The Balaban J connectivity index is 0.00000336. The third-order valence-electron chi connectivity index (χ3n) is 6.54. The SMILES string of the molecule is CC(C)(C)c1ccnc(-c2[c-]c(Oc3[c-]c(-c4cc(C(C)(C)C)ccn4)c4ccccc4c3)ccc2)c1.[Pt+2]. The first-order valence-electron chi connectivity index (χ1n) is 12.7. The Bertz CT molecular complexity index is 1580. The number of benzene rings is 3. The molecule has 2 heterocycles. The molecule has 0 aliphatic carbocycles. The first-order chi connectivity index (χ1) is 17.6. The van der Waals surface area contributed by atoms with Gasteiger partial charge in [0.2, 0.25) is 0 Å². The average Bonchev–Trinajstić information content (AvgIpc) is 2.87. The van der Waals surface area contributed by atoms with Gasteiger partial charge in [-0.25, -0.2) is 0 Å². The van der Waals surface area contributed by atoms with Gasteiger partial charge in [0.1, 0.15) is 0 Å². The summed E-state index contributed by atoms with van der Waals surface area (Å²) in [5, 5.41) is 2.17. The second-order valence-electron chi connectivity index (χ2n) is 11.5. The van der Waals surface area contributed by atoms with Gasteiger partial charge >= 0.3 is 21.1 Å². The van der Waals surface area contributed by atoms with Crippen molar-refractivity contribution >= 4 is 10.8 Å². The largest absolute Gasteiger partial charge is 2.00 e. The minimum absolute atomic E-state index is 0. The second-order valence-corrected chi connectivity index (χ2v) is 11.5. The van der Waals surface area contributed by atoms with E-state index in [0.29, 0.717) is 11.5 Å². The quantitative estimate of drug-likeness (QED) is 0.178. The molecule has 0 N–H and O–H groups in total. The van der Waals surface area contributed by atoms with Gasteiger partial charge in [-0.15, -0.1) is 29.3 Å². The third kappa shape index (κ3) is 6.05. The van der Waals surface area contributed by atoms with Crippen molar-refractivity contribution in [3.63, 3.8) is 0 Å². The van der Waals surface area contributed by atoms with E-state index in [0.717, 1.165) is 33.3 Å². The summed E-state index contributed by atoms with van der Waals surface area (Å²) in [6, 6.07) is 31.5. The molecule has 0 radical (unpaired) electrons. The predicted octanol–water partition coefficient (Wildman–Crippen LogP) is 8.95. The third-order valence-corrected chi connectivity index (χ3v) is 6.54. The summed E-state index contributed by atoms with van der Waals surface area (Å²) in [5.41, 5.74) is 6.11. The molecule has 3 aromatic carbocycles. The molecule has 5 rings (SSSR count). The van der Waals surface area contributed by atoms with Gasteiger partial charge in [-0.05, 0) is 45.5 Å². The maximum atomic E-state index is 6.34. The van der Waals surface area contributed by atoms with Crippen LogP contribution in [0, 0.1) is 12.1 Å². The van der Waals surface area contributed by atoms with Crippen LogP contribution in [-0.4, -0.2) is 9.97 Å². The van der Waals surface area contributed by atoms with Crippen LogP contribution in [0.2, 0.25) is 0 Å². The summed E-state index contributed by atoms with van der Waals surface area (Å²) in [4.78, 5) is 9.29. The molecule has 0 aliphatic heterocycles. The van der Waals surface area contributed by atoms with Gasteiger partial charge < -0.3 is 14.7 Å². The maximum Gasteiger partial charge on any atom is 2.00 e. The van der Waals surface area contributed by atoms with E-state index >= 15 is 0 Å². The normalized spacial score (nSPS) is 11.7. The first-order valence-corrected chi connectivity index (χ1v) is 12.7. The minimum Gasteiger partial charge on any atom is -0.497 e. The minimum atomic E-state index is 0. The maximum absolute atomic E-state index is 6.34. The Kier molecular flexibility index (Phi) is 7.90. The average molecular weight is 680 g/mol. The van der Waals surface area contributed by atoms with Gasteiger partial charge in [0, 0.05) is 23.9 Å². The van der Waals surface area contributed by atoms with Crippen molar-refractivity contribution in [2.24, 2.45) is 0 Å². The Labute approximate surface area is 240 Å². The molecule has 5 aromatic rings. The van der Waals surface area contributed by atoms with Crippen LogP contribution in [0.1, 0.15) is 52.7 Å². The number of fused-ring (bicyclic) bond motifs is 1. The fourth-order valence-electron chi connectivity index (χ4n) is 4.33. The fraction of sp³-hybridized carbons (Fsp3) is 0.235. The predicted molar refractivity (Wildman–Crippen MR) is 152 cm³/mol. The Morgan fingerprint density at radius 1 is 0.632 bits per heavy atom. The van der Waals surface area contributed by atoms with Crippen molar-refractivity contribution in [2.75, 3.05) is 0 Å². The molecule has 194 valence electrons. The Morgan fingerprint density at radius 2 is 1.26 bits per heavy atom. The smallest absolute Gasteiger partial charge is 0.497 e. The summed E-state index contributed by atoms with van der Waals surface area (Å²) in [6.07, 6.45) is 3.74. The van der Waals surface area contributed by atoms with Crippen molar-refractivity contribution in [1.82, 2.24) is 9.97 Å². The zero-order chi connectivity index (χ0) is 26.2. The second kappa shape index (κ2) is 10.8. The Morgan fingerprint density at radius 3 is 1.95 bits per heavy atom. The molecule has 0 saturated carbocycles. The molecular formula is C34H32N2OPt. The summed E-state index contributed by atoms with van der Waals surface area (Å²) in [7, 11) is 0. The van der Waals surface area contributed by atoms with E-state index in [1.807, 2.05) is 48.8 Å². The fourth-order valence-corrected chi connectivity index (χ4v) is 4.33. The molecule has 0 unspecified atom stereocenters. The zero-order valence-corrected chi connectivity index (χ0v) is 25.0. The van der Waals surface area contributed by atoms with E-state index in [9.17, 15) is 0 Å². The van der Waals surface area contributed by atoms with Crippen LogP contribution >= 0.6 is 0 Å².